The molecular formula is C30H40N4O7. The smallest absolute Gasteiger partial charge is 0.338 e. The Labute approximate surface area is 240 Å². The van der Waals surface area contributed by atoms with Crippen LogP contribution in [0.15, 0.2) is 66.7 Å². The molecule has 0 bridgehead atoms. The number of phenols is 1. The topological polar surface area (TPSA) is 180 Å². The average molecular weight is 569 g/mol. The second-order valence-corrected chi connectivity index (χ2v) is 8.40. The van der Waals surface area contributed by atoms with Crippen molar-refractivity contribution in [2.75, 3.05) is 57.2 Å². The van der Waals surface area contributed by atoms with E-state index in [0.29, 0.717) is 41.3 Å². The summed E-state index contributed by atoms with van der Waals surface area (Å²) in [5.74, 6) is -1.15. The van der Waals surface area contributed by atoms with Crippen LogP contribution in [-0.2, 0) is 14.2 Å². The molecule has 3 aromatic rings. The van der Waals surface area contributed by atoms with E-state index in [2.05, 4.69) is 23.5 Å². The molecule has 0 amide bonds. The number of likely N-dealkylation sites (N-methyl/N-ethyl adjacent to an activating group) is 1. The highest BCUT2D eigenvalue weighted by Gasteiger charge is 2.08. The molecule has 0 aliphatic carbocycles. The van der Waals surface area contributed by atoms with Crippen molar-refractivity contribution in [3.63, 3.8) is 0 Å². The van der Waals surface area contributed by atoms with E-state index >= 15 is 0 Å². The number of methoxy groups -OCH3 is 1. The van der Waals surface area contributed by atoms with Gasteiger partial charge in [-0.1, -0.05) is 26.0 Å². The van der Waals surface area contributed by atoms with Crippen LogP contribution in [0.1, 0.15) is 51.8 Å². The minimum atomic E-state index is -0.471. The van der Waals surface area contributed by atoms with E-state index in [4.69, 9.17) is 31.8 Å². The van der Waals surface area contributed by atoms with E-state index in [-0.39, 0.29) is 23.4 Å². The highest BCUT2D eigenvalue weighted by atomic mass is 16.5. The second-order valence-electron chi connectivity index (χ2n) is 8.40. The molecule has 0 radical (unpaired) electrons. The summed E-state index contributed by atoms with van der Waals surface area (Å²) >= 11 is 0. The summed E-state index contributed by atoms with van der Waals surface area (Å²) in [5.41, 5.74) is 19.1. The fourth-order valence-electron chi connectivity index (χ4n) is 3.24. The zero-order valence-electron chi connectivity index (χ0n) is 24.0. The van der Waals surface area contributed by atoms with Gasteiger partial charge >= 0.3 is 17.9 Å². The number of rotatable bonds is 9. The first-order valence-corrected chi connectivity index (χ1v) is 13.0. The SMILES string of the molecule is CCN(CC)CCOC(=O)c1cccc(N)c1.CCOC(=O)c1cccc(N)c1.COC(=O)c1ccc(O)c(N)c1. The predicted octanol–water partition coefficient (Wildman–Crippen LogP) is 3.97. The summed E-state index contributed by atoms with van der Waals surface area (Å²) in [7, 11) is 1.28. The number of benzene rings is 3. The molecule has 0 unspecified atom stereocenters. The lowest BCUT2D eigenvalue weighted by Crippen LogP contribution is -2.27. The zero-order chi connectivity index (χ0) is 30.8. The van der Waals surface area contributed by atoms with Gasteiger partial charge in [-0.2, -0.15) is 0 Å². The Morgan fingerprint density at radius 1 is 0.732 bits per heavy atom. The number of esters is 3. The van der Waals surface area contributed by atoms with Crippen molar-refractivity contribution < 1.29 is 33.7 Å². The van der Waals surface area contributed by atoms with Crippen LogP contribution in [0, 0.1) is 0 Å². The first-order valence-electron chi connectivity index (χ1n) is 13.0. The molecule has 11 heteroatoms. The molecule has 0 saturated carbocycles. The van der Waals surface area contributed by atoms with Crippen LogP contribution >= 0.6 is 0 Å². The third kappa shape index (κ3) is 12.8. The predicted molar refractivity (Wildman–Crippen MR) is 160 cm³/mol. The highest BCUT2D eigenvalue weighted by Crippen LogP contribution is 2.20. The monoisotopic (exact) mass is 568 g/mol. The summed E-state index contributed by atoms with van der Waals surface area (Å²) in [4.78, 5) is 35.9. The lowest BCUT2D eigenvalue weighted by molar-refractivity contribution is 0.0464. The standard InChI is InChI=1S/C13H20N2O2.C9H11NO2.C8H9NO3/c1-3-15(4-2)8-9-17-13(16)11-6-5-7-12(14)10-11;1-2-12-9(11)7-4-3-5-8(10)6-7;1-12-8(11)5-2-3-7(10)6(9)4-5/h5-7,10H,3-4,8-9,14H2,1-2H3;3-6H,2,10H2,1H3;2-4,10H,9H2,1H3. The number of phenolic OH excluding ortho intramolecular Hbond substituents is 1. The van der Waals surface area contributed by atoms with Crippen LogP contribution < -0.4 is 17.2 Å². The number of anilines is 3. The molecule has 7 N–H and O–H groups in total. The number of aromatic hydroxyl groups is 1. The van der Waals surface area contributed by atoms with Gasteiger partial charge in [0.15, 0.2) is 0 Å². The molecule has 3 rings (SSSR count). The first-order chi connectivity index (χ1) is 19.6. The third-order valence-corrected chi connectivity index (χ3v) is 5.50. The van der Waals surface area contributed by atoms with Crippen LogP contribution in [0.4, 0.5) is 17.1 Å². The Morgan fingerprint density at radius 2 is 1.24 bits per heavy atom. The van der Waals surface area contributed by atoms with Crippen molar-refractivity contribution in [1.29, 1.82) is 0 Å². The van der Waals surface area contributed by atoms with Crippen molar-refractivity contribution in [1.82, 2.24) is 4.90 Å². The van der Waals surface area contributed by atoms with Crippen molar-refractivity contribution in [2.24, 2.45) is 0 Å². The maximum atomic E-state index is 11.7. The van der Waals surface area contributed by atoms with Gasteiger partial charge in [-0.25, -0.2) is 14.4 Å². The summed E-state index contributed by atoms with van der Waals surface area (Å²) in [6, 6.07) is 17.7. The van der Waals surface area contributed by atoms with E-state index in [9.17, 15) is 14.4 Å². The Kier molecular flexibility index (Phi) is 15.5. The van der Waals surface area contributed by atoms with Gasteiger partial charge in [0, 0.05) is 17.9 Å². The fourth-order valence-corrected chi connectivity index (χ4v) is 3.24. The van der Waals surface area contributed by atoms with E-state index in [0.717, 1.165) is 19.6 Å². The van der Waals surface area contributed by atoms with Crippen molar-refractivity contribution >= 4 is 35.0 Å². The maximum absolute atomic E-state index is 11.7. The molecule has 0 aliphatic heterocycles. The number of hydrogen-bond donors (Lipinski definition) is 4. The van der Waals surface area contributed by atoms with E-state index in [1.54, 1.807) is 55.5 Å². The number of hydrogen-bond acceptors (Lipinski definition) is 11. The van der Waals surface area contributed by atoms with Gasteiger partial charge in [0.2, 0.25) is 0 Å². The molecule has 0 aromatic heterocycles. The van der Waals surface area contributed by atoms with Gasteiger partial charge in [0.05, 0.1) is 36.1 Å². The lowest BCUT2D eigenvalue weighted by Gasteiger charge is -2.17. The summed E-state index contributed by atoms with van der Waals surface area (Å²) in [6.07, 6.45) is 0. The van der Waals surface area contributed by atoms with Gasteiger partial charge in [0.25, 0.3) is 0 Å². The quantitative estimate of drug-likeness (QED) is 0.127. The van der Waals surface area contributed by atoms with Crippen molar-refractivity contribution in [3.8, 4) is 5.75 Å². The molecule has 11 nitrogen and oxygen atoms in total. The molecule has 0 saturated heterocycles. The largest absolute Gasteiger partial charge is 0.506 e. The van der Waals surface area contributed by atoms with Gasteiger partial charge in [-0.05, 0) is 74.6 Å². The fraction of sp³-hybridized carbons (Fsp3) is 0.300. The summed E-state index contributed by atoms with van der Waals surface area (Å²) in [6.45, 7) is 9.43. The number of carbonyl (C=O) groups is 3. The van der Waals surface area contributed by atoms with Crippen LogP contribution in [0.5, 0.6) is 5.75 Å². The van der Waals surface area contributed by atoms with Crippen molar-refractivity contribution in [2.45, 2.75) is 20.8 Å². The van der Waals surface area contributed by atoms with Crippen LogP contribution in [0.2, 0.25) is 0 Å². The van der Waals surface area contributed by atoms with Gasteiger partial charge in [0.1, 0.15) is 12.4 Å². The van der Waals surface area contributed by atoms with Gasteiger partial charge < -0.3 is 41.4 Å². The van der Waals surface area contributed by atoms with E-state index in [1.165, 1.54) is 25.3 Å². The number of ether oxygens (including phenoxy) is 3. The Balaban J connectivity index is 0.000000315. The third-order valence-electron chi connectivity index (χ3n) is 5.50. The number of carbonyl (C=O) groups excluding carboxylic acids is 3. The molecule has 222 valence electrons. The minimum Gasteiger partial charge on any atom is -0.506 e. The van der Waals surface area contributed by atoms with Crippen LogP contribution in [0.25, 0.3) is 0 Å². The molecule has 0 aliphatic rings. The van der Waals surface area contributed by atoms with Crippen molar-refractivity contribution in [3.05, 3.63) is 83.4 Å². The van der Waals surface area contributed by atoms with Crippen LogP contribution in [0.3, 0.4) is 0 Å². The Morgan fingerprint density at radius 3 is 1.68 bits per heavy atom. The Bertz CT molecular complexity index is 1260. The highest BCUT2D eigenvalue weighted by molar-refractivity contribution is 5.91. The molecular weight excluding hydrogens is 528 g/mol. The first kappa shape index (κ1) is 34.3. The average Bonchev–Trinajstić information content (AvgIpc) is 2.97. The normalized spacial score (nSPS) is 9.88. The molecule has 0 spiro atoms. The number of nitrogens with zero attached hydrogens (tertiary/aromatic N) is 1. The van der Waals surface area contributed by atoms with E-state index < -0.39 is 5.97 Å². The molecule has 0 heterocycles. The second kappa shape index (κ2) is 18.5. The molecule has 0 atom stereocenters. The Hall–Kier alpha value is -4.77. The number of nitrogens with two attached hydrogens (primary N) is 3. The molecule has 0 fully saturated rings. The summed E-state index contributed by atoms with van der Waals surface area (Å²) < 4.78 is 14.4. The summed E-state index contributed by atoms with van der Waals surface area (Å²) in [5, 5.41) is 9.02. The molecule has 41 heavy (non-hydrogen) atoms. The van der Waals surface area contributed by atoms with E-state index in [1.807, 2.05) is 0 Å². The lowest BCUT2D eigenvalue weighted by atomic mass is 10.2. The maximum Gasteiger partial charge on any atom is 0.338 e. The van der Waals surface area contributed by atoms with Gasteiger partial charge in [-0.3, -0.25) is 0 Å². The van der Waals surface area contributed by atoms with Gasteiger partial charge in [-0.15, -0.1) is 0 Å². The number of nitrogen functional groups attached to an aromatic ring is 3. The minimum absolute atomic E-state index is 0.0392. The molecule has 3 aromatic carbocycles. The zero-order valence-corrected chi connectivity index (χ0v) is 24.0. The van der Waals surface area contributed by atoms with Crippen LogP contribution in [-0.4, -0.2) is 67.9 Å².